The Balaban J connectivity index is 1.48. The Morgan fingerprint density at radius 1 is 1.09 bits per heavy atom. The lowest BCUT2D eigenvalue weighted by Gasteiger charge is -2.36. The van der Waals surface area contributed by atoms with E-state index in [-0.39, 0.29) is 5.91 Å². The van der Waals surface area contributed by atoms with E-state index >= 15 is 0 Å². The lowest BCUT2D eigenvalue weighted by molar-refractivity contribution is 0.0674. The summed E-state index contributed by atoms with van der Waals surface area (Å²) in [6.45, 7) is 8.12. The van der Waals surface area contributed by atoms with Gasteiger partial charge in [0.05, 0.1) is 0 Å². The normalized spacial score (nSPS) is 18.4. The van der Waals surface area contributed by atoms with Crippen molar-refractivity contribution < 1.29 is 9.53 Å². The monoisotopic (exact) mass is 430 g/mol. The van der Waals surface area contributed by atoms with Gasteiger partial charge in [0.25, 0.3) is 5.91 Å². The minimum absolute atomic E-state index is 0.0643. The molecule has 6 heteroatoms. The maximum absolute atomic E-state index is 12.9. The van der Waals surface area contributed by atoms with Crippen molar-refractivity contribution in [1.82, 2.24) is 15.2 Å². The fourth-order valence-corrected chi connectivity index (χ4v) is 4.14. The summed E-state index contributed by atoms with van der Waals surface area (Å²) in [5.41, 5.74) is 10.9. The number of nitrogen functional groups attached to an aromatic ring is 1. The quantitative estimate of drug-likeness (QED) is 0.639. The number of aromatic nitrogens is 1. The average Bonchev–Trinajstić information content (AvgIpc) is 2.78. The molecule has 2 aromatic carbocycles. The summed E-state index contributed by atoms with van der Waals surface area (Å²) in [5, 5.41) is 3.46. The van der Waals surface area contributed by atoms with Crippen molar-refractivity contribution >= 4 is 11.7 Å². The molecule has 32 heavy (non-hydrogen) atoms. The minimum Gasteiger partial charge on any atom is -0.485 e. The topological polar surface area (TPSA) is 80.5 Å². The largest absolute Gasteiger partial charge is 0.485 e. The second kappa shape index (κ2) is 9.40. The molecule has 0 bridgehead atoms. The number of piperazine rings is 1. The Hall–Kier alpha value is -3.38. The molecule has 0 spiro atoms. The molecule has 2 heterocycles. The summed E-state index contributed by atoms with van der Waals surface area (Å²) in [4.78, 5) is 19.2. The molecule has 1 aliphatic heterocycles. The highest BCUT2D eigenvalue weighted by atomic mass is 16.5. The molecule has 1 saturated heterocycles. The van der Waals surface area contributed by atoms with Crippen molar-refractivity contribution in [2.45, 2.75) is 39.5 Å². The molecule has 6 nitrogen and oxygen atoms in total. The molecule has 2 unspecified atom stereocenters. The van der Waals surface area contributed by atoms with E-state index in [4.69, 9.17) is 10.5 Å². The number of amides is 1. The van der Waals surface area contributed by atoms with Crippen LogP contribution in [-0.4, -0.2) is 41.0 Å². The number of carbonyl (C=O) groups is 1. The number of hydrogen-bond acceptors (Lipinski definition) is 5. The molecular weight excluding hydrogens is 400 g/mol. The summed E-state index contributed by atoms with van der Waals surface area (Å²) in [6.07, 6.45) is 1.73. The van der Waals surface area contributed by atoms with Crippen LogP contribution in [0.3, 0.4) is 0 Å². The zero-order valence-electron chi connectivity index (χ0n) is 18.8. The third kappa shape index (κ3) is 4.92. The van der Waals surface area contributed by atoms with E-state index in [2.05, 4.69) is 37.1 Å². The predicted octanol–water partition coefficient (Wildman–Crippen LogP) is 4.04. The van der Waals surface area contributed by atoms with Crippen molar-refractivity contribution in [3.63, 3.8) is 0 Å². The molecule has 0 radical (unpaired) electrons. The molecule has 1 aliphatic rings. The first-order valence-corrected chi connectivity index (χ1v) is 11.0. The Bertz CT molecular complexity index is 1090. The van der Waals surface area contributed by atoms with Gasteiger partial charge in [-0.2, -0.15) is 0 Å². The van der Waals surface area contributed by atoms with E-state index in [0.717, 1.165) is 16.7 Å². The zero-order valence-corrected chi connectivity index (χ0v) is 18.8. The Kier molecular flexibility index (Phi) is 6.42. The second-order valence-corrected chi connectivity index (χ2v) is 8.58. The maximum Gasteiger partial charge on any atom is 0.253 e. The maximum atomic E-state index is 12.9. The van der Waals surface area contributed by atoms with E-state index in [1.54, 1.807) is 6.20 Å². The molecule has 0 saturated carbocycles. The summed E-state index contributed by atoms with van der Waals surface area (Å²) in [6, 6.07) is 18.2. The highest BCUT2D eigenvalue weighted by Crippen LogP contribution is 2.28. The van der Waals surface area contributed by atoms with Gasteiger partial charge in [-0.3, -0.25) is 4.79 Å². The van der Waals surface area contributed by atoms with Crippen molar-refractivity contribution in [3.8, 4) is 16.9 Å². The fraction of sp³-hybridized carbons (Fsp3) is 0.308. The summed E-state index contributed by atoms with van der Waals surface area (Å²) < 4.78 is 5.97. The second-order valence-electron chi connectivity index (χ2n) is 8.58. The van der Waals surface area contributed by atoms with Crippen LogP contribution in [0.5, 0.6) is 5.75 Å². The summed E-state index contributed by atoms with van der Waals surface area (Å²) in [5.74, 6) is 0.972. The van der Waals surface area contributed by atoms with Gasteiger partial charge in [-0.05, 0) is 55.7 Å². The van der Waals surface area contributed by atoms with Gasteiger partial charge in [-0.25, -0.2) is 4.98 Å². The number of nitrogens with one attached hydrogen (secondary N) is 1. The number of aryl methyl sites for hydroxylation is 1. The van der Waals surface area contributed by atoms with Crippen LogP contribution in [0, 0.1) is 6.92 Å². The standard InChI is InChI=1S/C26H30N4O2/c1-17-6-4-5-7-22(17)16-32-24-12-23(13-28-25(24)27)20-8-10-21(11-9-20)26(31)30-14-18(2)29-19(3)15-30/h4-13,18-19,29H,14-16H2,1-3H3,(H2,27,28). The van der Waals surface area contributed by atoms with Crippen molar-refractivity contribution in [1.29, 1.82) is 0 Å². The highest BCUT2D eigenvalue weighted by Gasteiger charge is 2.25. The number of rotatable bonds is 5. The third-order valence-corrected chi connectivity index (χ3v) is 5.84. The molecule has 0 aliphatic carbocycles. The first kappa shape index (κ1) is 21.8. The van der Waals surface area contributed by atoms with Gasteiger partial charge < -0.3 is 20.7 Å². The lowest BCUT2D eigenvalue weighted by atomic mass is 10.0. The molecule has 3 N–H and O–H groups in total. The van der Waals surface area contributed by atoms with Crippen LogP contribution in [0.4, 0.5) is 5.82 Å². The van der Waals surface area contributed by atoms with Crippen molar-refractivity contribution in [3.05, 3.63) is 77.5 Å². The molecule has 166 valence electrons. The van der Waals surface area contributed by atoms with Crippen LogP contribution in [0.2, 0.25) is 0 Å². The van der Waals surface area contributed by atoms with E-state index in [0.29, 0.717) is 48.9 Å². The van der Waals surface area contributed by atoms with Gasteiger partial charge in [0.15, 0.2) is 11.6 Å². The molecule has 4 rings (SSSR count). The van der Waals surface area contributed by atoms with Gasteiger partial charge in [0, 0.05) is 42.5 Å². The van der Waals surface area contributed by atoms with Crippen molar-refractivity contribution in [2.24, 2.45) is 0 Å². The van der Waals surface area contributed by atoms with Gasteiger partial charge >= 0.3 is 0 Å². The number of pyridine rings is 1. The molecular formula is C26H30N4O2. The van der Waals surface area contributed by atoms with Crippen LogP contribution >= 0.6 is 0 Å². The zero-order chi connectivity index (χ0) is 22.7. The third-order valence-electron chi connectivity index (χ3n) is 5.84. The van der Waals surface area contributed by atoms with E-state index < -0.39 is 0 Å². The number of ether oxygens (including phenoxy) is 1. The number of benzene rings is 2. The highest BCUT2D eigenvalue weighted by molar-refractivity contribution is 5.95. The number of anilines is 1. The van der Waals surface area contributed by atoms with Gasteiger partial charge in [0.1, 0.15) is 6.61 Å². The molecule has 1 aromatic heterocycles. The molecule has 2 atom stereocenters. The van der Waals surface area contributed by atoms with Crippen molar-refractivity contribution in [2.75, 3.05) is 18.8 Å². The smallest absolute Gasteiger partial charge is 0.253 e. The van der Waals surface area contributed by atoms with Crippen LogP contribution in [0.15, 0.2) is 60.8 Å². The Labute approximate surface area is 189 Å². The fourth-order valence-electron chi connectivity index (χ4n) is 4.14. The summed E-state index contributed by atoms with van der Waals surface area (Å²) in [7, 11) is 0. The lowest BCUT2D eigenvalue weighted by Crippen LogP contribution is -2.55. The Morgan fingerprint density at radius 2 is 1.78 bits per heavy atom. The number of carbonyl (C=O) groups excluding carboxylic acids is 1. The van der Waals surface area contributed by atoms with Crippen LogP contribution in [-0.2, 0) is 6.61 Å². The van der Waals surface area contributed by atoms with Gasteiger partial charge in [-0.15, -0.1) is 0 Å². The number of nitrogens with zero attached hydrogens (tertiary/aromatic N) is 2. The predicted molar refractivity (Wildman–Crippen MR) is 128 cm³/mol. The number of hydrogen-bond donors (Lipinski definition) is 2. The molecule has 1 fully saturated rings. The van der Waals surface area contributed by atoms with E-state index in [1.807, 2.05) is 53.4 Å². The minimum atomic E-state index is 0.0643. The average molecular weight is 431 g/mol. The Morgan fingerprint density at radius 3 is 2.47 bits per heavy atom. The van der Waals surface area contributed by atoms with Crippen LogP contribution in [0.25, 0.3) is 11.1 Å². The first-order chi connectivity index (χ1) is 15.4. The summed E-state index contributed by atoms with van der Waals surface area (Å²) >= 11 is 0. The molecule has 3 aromatic rings. The van der Waals surface area contributed by atoms with Crippen LogP contribution < -0.4 is 15.8 Å². The van der Waals surface area contributed by atoms with Crippen LogP contribution in [0.1, 0.15) is 35.3 Å². The van der Waals surface area contributed by atoms with Gasteiger partial charge in [-0.1, -0.05) is 36.4 Å². The van der Waals surface area contributed by atoms with E-state index in [1.165, 1.54) is 5.56 Å². The first-order valence-electron chi connectivity index (χ1n) is 11.0. The van der Waals surface area contributed by atoms with E-state index in [9.17, 15) is 4.79 Å². The molecule has 1 amide bonds. The number of nitrogens with two attached hydrogens (primary N) is 1. The SMILES string of the molecule is Cc1ccccc1COc1cc(-c2ccc(C(=O)N3CC(C)NC(C)C3)cc2)cnc1N. The van der Waals surface area contributed by atoms with Gasteiger partial charge in [0.2, 0.25) is 0 Å².